The van der Waals surface area contributed by atoms with Crippen LogP contribution in [0.15, 0.2) is 37.0 Å². The van der Waals surface area contributed by atoms with Crippen LogP contribution in [0.25, 0.3) is 0 Å². The summed E-state index contributed by atoms with van der Waals surface area (Å²) in [6.45, 7) is 12.2. The van der Waals surface area contributed by atoms with Crippen LogP contribution in [0.1, 0.15) is 52.4 Å². The van der Waals surface area contributed by atoms with E-state index >= 15 is 0 Å². The molecule has 1 aliphatic rings. The molecule has 0 aromatic heterocycles. The van der Waals surface area contributed by atoms with E-state index in [4.69, 9.17) is 41.7 Å². The summed E-state index contributed by atoms with van der Waals surface area (Å²) in [5, 5.41) is 2.58. The van der Waals surface area contributed by atoms with E-state index < -0.39 is 76.1 Å². The van der Waals surface area contributed by atoms with Crippen LogP contribution in [-0.4, -0.2) is 111 Å². The van der Waals surface area contributed by atoms with Crippen LogP contribution in [0.4, 0.5) is 4.79 Å². The van der Waals surface area contributed by atoms with Gasteiger partial charge in [-0.1, -0.05) is 19.7 Å². The minimum atomic E-state index is -2.87. The molecule has 1 fully saturated rings. The van der Waals surface area contributed by atoms with Crippen LogP contribution in [0, 0.1) is 11.8 Å². The molecule has 1 amide bonds. The molecule has 1 N–H and O–H groups in total. The van der Waals surface area contributed by atoms with Crippen molar-refractivity contribution in [3.63, 3.8) is 0 Å². The quantitative estimate of drug-likeness (QED) is 0.0529. The van der Waals surface area contributed by atoms with Crippen molar-refractivity contribution in [1.82, 2.24) is 5.32 Å². The molecule has 1 rings (SSSR count). The normalized spacial score (nSPS) is 17.1. The highest BCUT2D eigenvalue weighted by molar-refractivity contribution is 6.60. The molecular weight excluding hydrogens is 678 g/mol. The molecule has 1 aliphatic carbocycles. The summed E-state index contributed by atoms with van der Waals surface area (Å²) < 4.78 is 47.9. The molecule has 0 aliphatic heterocycles. The number of amides is 1. The molecule has 50 heavy (non-hydrogen) atoms. The molecular formula is C33H51NO15Si. The molecule has 3 atom stereocenters. The lowest BCUT2D eigenvalue weighted by Crippen LogP contribution is -2.44. The highest BCUT2D eigenvalue weighted by atomic mass is 28.4. The summed E-state index contributed by atoms with van der Waals surface area (Å²) in [6, 6.07) is 0.502. The number of nitrogens with one attached hydrogen (secondary N) is 1. The van der Waals surface area contributed by atoms with Gasteiger partial charge < -0.3 is 47.0 Å². The zero-order chi connectivity index (χ0) is 37.7. The number of carbonyl (C=O) groups is 6. The van der Waals surface area contributed by atoms with Crippen LogP contribution in [0.2, 0.25) is 6.04 Å². The third-order valence-corrected chi connectivity index (χ3v) is 10.4. The Morgan fingerprint density at radius 1 is 0.860 bits per heavy atom. The Kier molecular flexibility index (Phi) is 20.5. The van der Waals surface area contributed by atoms with E-state index in [0.29, 0.717) is 38.1 Å². The van der Waals surface area contributed by atoms with Gasteiger partial charge in [0.1, 0.15) is 25.9 Å². The average molecular weight is 730 g/mol. The Bertz CT molecular complexity index is 1160. The Balaban J connectivity index is 2.86. The second kappa shape index (κ2) is 23.4. The largest absolute Gasteiger partial charge is 0.500 e. The lowest BCUT2D eigenvalue weighted by molar-refractivity contribution is -0.167. The van der Waals surface area contributed by atoms with Crippen molar-refractivity contribution in [3.8, 4) is 0 Å². The van der Waals surface area contributed by atoms with Crippen LogP contribution in [-0.2, 0) is 65.7 Å². The first-order chi connectivity index (χ1) is 23.7. The third-order valence-electron chi connectivity index (χ3n) is 7.60. The maximum absolute atomic E-state index is 13.3. The van der Waals surface area contributed by atoms with Gasteiger partial charge in [-0.25, -0.2) is 19.2 Å². The van der Waals surface area contributed by atoms with Crippen molar-refractivity contribution in [3.05, 3.63) is 37.0 Å². The van der Waals surface area contributed by atoms with Gasteiger partial charge in [0.05, 0.1) is 18.9 Å². The van der Waals surface area contributed by atoms with E-state index in [1.807, 2.05) is 0 Å². The van der Waals surface area contributed by atoms with Crippen LogP contribution in [0.5, 0.6) is 0 Å². The number of carbonyl (C=O) groups excluding carboxylic acids is 6. The summed E-state index contributed by atoms with van der Waals surface area (Å²) in [4.78, 5) is 73.4. The summed E-state index contributed by atoms with van der Waals surface area (Å²) in [5.74, 6) is -4.33. The van der Waals surface area contributed by atoms with E-state index in [2.05, 4.69) is 25.1 Å². The summed E-state index contributed by atoms with van der Waals surface area (Å²) in [7, 11) is 1.68. The van der Waals surface area contributed by atoms with E-state index in [0.717, 1.165) is 6.08 Å². The third kappa shape index (κ3) is 16.6. The maximum atomic E-state index is 13.3. The van der Waals surface area contributed by atoms with Gasteiger partial charge >= 0.3 is 44.7 Å². The molecule has 3 unspecified atom stereocenters. The lowest BCUT2D eigenvalue weighted by Gasteiger charge is -2.35. The number of ether oxygens (including phenoxy) is 6. The van der Waals surface area contributed by atoms with Crippen molar-refractivity contribution < 1.29 is 70.5 Å². The minimum Gasteiger partial charge on any atom is -0.465 e. The van der Waals surface area contributed by atoms with Gasteiger partial charge in [-0.2, -0.15) is 0 Å². The van der Waals surface area contributed by atoms with Crippen molar-refractivity contribution >= 4 is 44.7 Å². The Labute approximate surface area is 294 Å². The lowest BCUT2D eigenvalue weighted by atomic mass is 9.78. The fourth-order valence-corrected chi connectivity index (χ4v) is 6.65. The number of rotatable bonds is 23. The monoisotopic (exact) mass is 729 g/mol. The molecule has 0 heterocycles. The second-order valence-electron chi connectivity index (χ2n) is 11.5. The van der Waals surface area contributed by atoms with Gasteiger partial charge in [0.2, 0.25) is 0 Å². The SMILES string of the molecule is C=CC(=O)OCCCNC(=O)OC1CCC(CC[Si](OC)(OC)OC)CC1C(=O)OCCC(=O)OC(COC(=O)C(=C)C)COC(=O)C(=C)C. The molecule has 0 aromatic rings. The first-order valence-electron chi connectivity index (χ1n) is 16.1. The number of hydrogen-bond acceptors (Lipinski definition) is 15. The predicted octanol–water partition coefficient (Wildman–Crippen LogP) is 2.97. The standard InChI is InChI=1S/C33H51NO15Si/c1-9-28(35)44-16-10-15-34-33(40)49-27-12-11-24(14-18-50(41-6,42-7)43-8)19-26(27)32(39)45-17-13-29(36)48-25(20-46-30(37)22(2)3)21-47-31(38)23(4)5/h9,24-27H,1-2,4,10-21H2,3,5-8H3,(H,34,40). The van der Waals surface area contributed by atoms with Gasteiger partial charge in [-0.05, 0) is 51.9 Å². The van der Waals surface area contributed by atoms with Gasteiger partial charge in [-0.3, -0.25) is 9.59 Å². The van der Waals surface area contributed by atoms with Crippen molar-refractivity contribution in [2.75, 3.05) is 54.3 Å². The van der Waals surface area contributed by atoms with Crippen molar-refractivity contribution in [2.24, 2.45) is 11.8 Å². The number of alkyl carbamates (subject to hydrolysis) is 1. The van der Waals surface area contributed by atoms with E-state index in [-0.39, 0.29) is 43.2 Å². The van der Waals surface area contributed by atoms with Crippen LogP contribution >= 0.6 is 0 Å². The van der Waals surface area contributed by atoms with E-state index in [9.17, 15) is 28.8 Å². The van der Waals surface area contributed by atoms with Crippen molar-refractivity contribution in [1.29, 1.82) is 0 Å². The van der Waals surface area contributed by atoms with E-state index in [1.54, 1.807) is 0 Å². The molecule has 16 nitrogen and oxygen atoms in total. The Morgan fingerprint density at radius 3 is 2.00 bits per heavy atom. The first kappa shape index (κ1) is 44.0. The average Bonchev–Trinajstić information content (AvgIpc) is 3.09. The Morgan fingerprint density at radius 2 is 1.46 bits per heavy atom. The molecule has 0 spiro atoms. The zero-order valence-electron chi connectivity index (χ0n) is 29.6. The molecule has 0 saturated heterocycles. The predicted molar refractivity (Wildman–Crippen MR) is 178 cm³/mol. The molecule has 0 bridgehead atoms. The molecule has 1 saturated carbocycles. The summed E-state index contributed by atoms with van der Waals surface area (Å²) in [6.07, 6.45) is 0.247. The smallest absolute Gasteiger partial charge is 0.465 e. The van der Waals surface area contributed by atoms with Gasteiger partial charge in [0.25, 0.3) is 0 Å². The molecule has 0 aromatic carbocycles. The second-order valence-corrected chi connectivity index (χ2v) is 14.6. The topological polar surface area (TPSA) is 198 Å². The van der Waals surface area contributed by atoms with Gasteiger partial charge in [0, 0.05) is 51.1 Å². The Hall–Kier alpha value is -4.06. The first-order valence-corrected chi connectivity index (χ1v) is 18.0. The fraction of sp³-hybridized carbons (Fsp3) is 0.636. The van der Waals surface area contributed by atoms with Crippen LogP contribution in [0.3, 0.4) is 0 Å². The highest BCUT2D eigenvalue weighted by Gasteiger charge is 2.42. The summed E-state index contributed by atoms with van der Waals surface area (Å²) in [5.41, 5.74) is 0.240. The van der Waals surface area contributed by atoms with Gasteiger partial charge in [-0.15, -0.1) is 0 Å². The summed E-state index contributed by atoms with van der Waals surface area (Å²) >= 11 is 0. The highest BCUT2D eigenvalue weighted by Crippen LogP contribution is 2.36. The molecule has 0 radical (unpaired) electrons. The van der Waals surface area contributed by atoms with Crippen LogP contribution < -0.4 is 5.32 Å². The zero-order valence-corrected chi connectivity index (χ0v) is 30.6. The van der Waals surface area contributed by atoms with Gasteiger partial charge in [0.15, 0.2) is 6.10 Å². The molecule has 17 heteroatoms. The maximum Gasteiger partial charge on any atom is 0.500 e. The fourth-order valence-electron chi connectivity index (χ4n) is 4.78. The number of esters is 5. The number of hydrogen-bond donors (Lipinski definition) is 1. The minimum absolute atomic E-state index is 0.0249. The van der Waals surface area contributed by atoms with E-state index in [1.165, 1.54) is 35.2 Å². The van der Waals surface area contributed by atoms with Crippen molar-refractivity contribution in [2.45, 2.75) is 70.6 Å². The molecule has 282 valence electrons.